The molecule has 0 spiro atoms. The lowest BCUT2D eigenvalue weighted by Gasteiger charge is -2.05. The van der Waals surface area contributed by atoms with Crippen LogP contribution in [-0.4, -0.2) is 6.54 Å². The summed E-state index contributed by atoms with van der Waals surface area (Å²) in [6.45, 7) is 0.480. The lowest BCUT2D eigenvalue weighted by molar-refractivity contribution is 0.291. The highest BCUT2D eigenvalue weighted by molar-refractivity contribution is 7.12. The van der Waals surface area contributed by atoms with E-state index in [4.69, 9.17) is 10.5 Å². The second kappa shape index (κ2) is 6.32. The first-order valence-electron chi connectivity index (χ1n) is 5.54. The van der Waals surface area contributed by atoms with E-state index in [-0.39, 0.29) is 12.4 Å². The van der Waals surface area contributed by atoms with Gasteiger partial charge in [-0.1, -0.05) is 11.8 Å². The molecular weight excluding hydrogens is 268 g/mol. The molecule has 0 aliphatic rings. The molecule has 0 aliphatic heterocycles. The van der Waals surface area contributed by atoms with Gasteiger partial charge in [-0.05, 0) is 24.3 Å². The average molecular weight is 279 g/mol. The van der Waals surface area contributed by atoms with Crippen molar-refractivity contribution in [1.29, 1.82) is 0 Å². The van der Waals surface area contributed by atoms with E-state index in [2.05, 4.69) is 11.8 Å². The molecule has 2 nitrogen and oxygen atoms in total. The molecule has 0 amide bonds. The lowest BCUT2D eigenvalue weighted by Crippen LogP contribution is -1.96. The van der Waals surface area contributed by atoms with Crippen LogP contribution in [0.2, 0.25) is 0 Å². The smallest absolute Gasteiger partial charge is 0.165 e. The summed E-state index contributed by atoms with van der Waals surface area (Å²) in [7, 11) is 0. The van der Waals surface area contributed by atoms with E-state index in [0.29, 0.717) is 6.54 Å². The maximum Gasteiger partial charge on any atom is 0.165 e. The maximum atomic E-state index is 13.3. The number of nitrogens with two attached hydrogens (primary N) is 1. The molecule has 0 unspecified atom stereocenters. The third kappa shape index (κ3) is 3.78. The van der Waals surface area contributed by atoms with Crippen molar-refractivity contribution in [2.24, 2.45) is 5.73 Å². The first-order valence-corrected chi connectivity index (χ1v) is 6.36. The fraction of sp³-hybridized carbons (Fsp3) is 0.143. The Balaban J connectivity index is 2.02. The zero-order chi connectivity index (χ0) is 13.7. The van der Waals surface area contributed by atoms with E-state index in [9.17, 15) is 8.78 Å². The Labute approximate surface area is 113 Å². The normalized spacial score (nSPS) is 9.84. The zero-order valence-electron chi connectivity index (χ0n) is 9.95. The van der Waals surface area contributed by atoms with Gasteiger partial charge in [-0.15, -0.1) is 11.3 Å². The van der Waals surface area contributed by atoms with E-state index in [0.717, 1.165) is 28.0 Å². The van der Waals surface area contributed by atoms with Crippen LogP contribution in [-0.2, 0) is 6.61 Å². The molecule has 0 radical (unpaired) electrons. The molecular formula is C14H11F2NOS. The molecule has 1 aromatic carbocycles. The highest BCUT2D eigenvalue weighted by atomic mass is 32.1. The molecule has 5 heteroatoms. The number of thiophene rings is 1. The average Bonchev–Trinajstić information content (AvgIpc) is 2.85. The monoisotopic (exact) mass is 279 g/mol. The van der Waals surface area contributed by atoms with Gasteiger partial charge in [0.05, 0.1) is 11.4 Å². The second-order valence-corrected chi connectivity index (χ2v) is 4.80. The first kappa shape index (κ1) is 13.5. The Morgan fingerprint density at radius 1 is 1.21 bits per heavy atom. The fourth-order valence-corrected chi connectivity index (χ4v) is 2.19. The molecule has 2 rings (SSSR count). The van der Waals surface area contributed by atoms with Gasteiger partial charge in [0.2, 0.25) is 0 Å². The van der Waals surface area contributed by atoms with E-state index >= 15 is 0 Å². The molecule has 0 aliphatic carbocycles. The highest BCUT2D eigenvalue weighted by Crippen LogP contribution is 2.22. The van der Waals surface area contributed by atoms with E-state index < -0.39 is 11.6 Å². The van der Waals surface area contributed by atoms with Crippen LogP contribution in [0.5, 0.6) is 5.75 Å². The number of hydrogen-bond donors (Lipinski definition) is 1. The van der Waals surface area contributed by atoms with E-state index in [1.165, 1.54) is 11.3 Å². The highest BCUT2D eigenvalue weighted by Gasteiger charge is 2.06. The van der Waals surface area contributed by atoms with Gasteiger partial charge in [0, 0.05) is 10.9 Å². The number of halogens is 2. The Hall–Kier alpha value is -1.90. The van der Waals surface area contributed by atoms with Crippen LogP contribution >= 0.6 is 11.3 Å². The Morgan fingerprint density at radius 2 is 2.05 bits per heavy atom. The molecule has 0 fully saturated rings. The lowest BCUT2D eigenvalue weighted by atomic mass is 10.3. The number of benzene rings is 1. The fourth-order valence-electron chi connectivity index (χ4n) is 1.40. The number of ether oxygens (including phenoxy) is 1. The second-order valence-electron chi connectivity index (χ2n) is 3.64. The maximum absolute atomic E-state index is 13.3. The summed E-state index contributed by atoms with van der Waals surface area (Å²) < 4.78 is 31.5. The Bertz CT molecular complexity index is 628. The van der Waals surface area contributed by atoms with Crippen molar-refractivity contribution >= 4 is 11.3 Å². The standard InChI is InChI=1S/C14H11F2NOS/c15-10-3-6-13(16)14(8-10)18-9-12-5-4-11(19-12)2-1-7-17/h3-6,8H,7,9,17H2. The molecule has 2 aromatic rings. The summed E-state index contributed by atoms with van der Waals surface area (Å²) in [5.41, 5.74) is 5.28. The molecule has 1 heterocycles. The predicted octanol–water partition coefficient (Wildman–Crippen LogP) is 2.92. The molecule has 0 atom stereocenters. The van der Waals surface area contributed by atoms with Crippen LogP contribution in [0, 0.1) is 23.5 Å². The van der Waals surface area contributed by atoms with Gasteiger partial charge in [0.1, 0.15) is 12.4 Å². The summed E-state index contributed by atoms with van der Waals surface area (Å²) in [5, 5.41) is 0. The van der Waals surface area contributed by atoms with Crippen LogP contribution in [0.3, 0.4) is 0 Å². The van der Waals surface area contributed by atoms with Crippen molar-refractivity contribution in [3.63, 3.8) is 0 Å². The SMILES string of the molecule is NCC#Cc1ccc(COc2cc(F)ccc2F)s1. The van der Waals surface area contributed by atoms with Gasteiger partial charge in [0.25, 0.3) is 0 Å². The quantitative estimate of drug-likeness (QED) is 0.877. The summed E-state index contributed by atoms with van der Waals surface area (Å²) in [4.78, 5) is 1.74. The van der Waals surface area contributed by atoms with Crippen molar-refractivity contribution in [3.8, 4) is 17.6 Å². The van der Waals surface area contributed by atoms with Crippen LogP contribution in [0.4, 0.5) is 8.78 Å². The van der Waals surface area contributed by atoms with E-state index in [1.54, 1.807) is 0 Å². The third-order valence-electron chi connectivity index (χ3n) is 2.24. The molecule has 0 saturated heterocycles. The molecule has 98 valence electrons. The largest absolute Gasteiger partial charge is 0.485 e. The van der Waals surface area contributed by atoms with Gasteiger partial charge >= 0.3 is 0 Å². The van der Waals surface area contributed by atoms with Crippen molar-refractivity contribution in [2.45, 2.75) is 6.61 Å². The van der Waals surface area contributed by atoms with Crippen LogP contribution in [0.1, 0.15) is 9.75 Å². The molecule has 0 saturated carbocycles. The summed E-state index contributed by atoms with van der Waals surface area (Å²) in [6, 6.07) is 6.79. The van der Waals surface area contributed by atoms with E-state index in [1.807, 2.05) is 12.1 Å². The molecule has 1 aromatic heterocycles. The zero-order valence-corrected chi connectivity index (χ0v) is 10.8. The first-order chi connectivity index (χ1) is 9.19. The number of hydrogen-bond acceptors (Lipinski definition) is 3. The van der Waals surface area contributed by atoms with Gasteiger partial charge in [-0.3, -0.25) is 0 Å². The van der Waals surface area contributed by atoms with Gasteiger partial charge < -0.3 is 10.5 Å². The van der Waals surface area contributed by atoms with Gasteiger partial charge in [-0.25, -0.2) is 8.78 Å². The van der Waals surface area contributed by atoms with Gasteiger partial charge in [0.15, 0.2) is 11.6 Å². The van der Waals surface area contributed by atoms with Gasteiger partial charge in [-0.2, -0.15) is 0 Å². The molecule has 0 bridgehead atoms. The van der Waals surface area contributed by atoms with Crippen molar-refractivity contribution in [3.05, 3.63) is 51.7 Å². The van der Waals surface area contributed by atoms with Crippen molar-refractivity contribution in [1.82, 2.24) is 0 Å². The molecule has 19 heavy (non-hydrogen) atoms. The third-order valence-corrected chi connectivity index (χ3v) is 3.21. The predicted molar refractivity (Wildman–Crippen MR) is 70.9 cm³/mol. The summed E-state index contributed by atoms with van der Waals surface area (Å²) in [6.07, 6.45) is 0. The van der Waals surface area contributed by atoms with Crippen molar-refractivity contribution in [2.75, 3.05) is 6.54 Å². The Morgan fingerprint density at radius 3 is 2.84 bits per heavy atom. The summed E-state index contributed by atoms with van der Waals surface area (Å²) in [5.74, 6) is 4.44. The van der Waals surface area contributed by atoms with Crippen molar-refractivity contribution < 1.29 is 13.5 Å². The minimum Gasteiger partial charge on any atom is -0.485 e. The van der Waals surface area contributed by atoms with Crippen LogP contribution in [0.25, 0.3) is 0 Å². The molecule has 2 N–H and O–H groups in total. The Kier molecular flexibility index (Phi) is 4.50. The topological polar surface area (TPSA) is 35.2 Å². The minimum atomic E-state index is -0.582. The minimum absolute atomic E-state index is 0.0945. The van der Waals surface area contributed by atoms with Crippen LogP contribution < -0.4 is 10.5 Å². The summed E-state index contributed by atoms with van der Waals surface area (Å²) >= 11 is 1.43. The number of rotatable bonds is 3. The van der Waals surface area contributed by atoms with Crippen LogP contribution in [0.15, 0.2) is 30.3 Å².